The Kier molecular flexibility index (Phi) is 3.59. The average Bonchev–Trinajstić information content (AvgIpc) is 2.95. The molecule has 0 spiro atoms. The fourth-order valence-corrected chi connectivity index (χ4v) is 1.56. The molecule has 0 saturated carbocycles. The van der Waals surface area contributed by atoms with Gasteiger partial charge < -0.3 is 9.73 Å². The zero-order valence-corrected chi connectivity index (χ0v) is 9.72. The van der Waals surface area contributed by atoms with Crippen molar-refractivity contribution < 1.29 is 9.21 Å². The summed E-state index contributed by atoms with van der Waals surface area (Å²) in [6, 6.07) is 3.66. The van der Waals surface area contributed by atoms with E-state index in [4.69, 9.17) is 4.42 Å². The summed E-state index contributed by atoms with van der Waals surface area (Å²) < 4.78 is 6.94. The molecule has 0 aliphatic rings. The molecule has 2 aromatic rings. The number of nitrogens with zero attached hydrogens (tertiary/aromatic N) is 2. The van der Waals surface area contributed by atoms with E-state index in [2.05, 4.69) is 10.4 Å². The summed E-state index contributed by atoms with van der Waals surface area (Å²) in [5.74, 6) is 0.233. The molecular weight excluding hydrogens is 218 g/mol. The van der Waals surface area contributed by atoms with Crippen molar-refractivity contribution in [1.29, 1.82) is 0 Å². The number of rotatable bonds is 5. The van der Waals surface area contributed by atoms with Crippen LogP contribution >= 0.6 is 0 Å². The van der Waals surface area contributed by atoms with Crippen molar-refractivity contribution in [1.82, 2.24) is 15.1 Å². The fourth-order valence-electron chi connectivity index (χ4n) is 1.56. The quantitative estimate of drug-likeness (QED) is 0.798. The molecule has 0 radical (unpaired) electrons. The van der Waals surface area contributed by atoms with E-state index in [1.165, 1.54) is 6.26 Å². The van der Waals surface area contributed by atoms with Gasteiger partial charge in [0.15, 0.2) is 5.76 Å². The van der Waals surface area contributed by atoms with Crippen LogP contribution in [0.2, 0.25) is 0 Å². The molecule has 0 fully saturated rings. The van der Waals surface area contributed by atoms with Gasteiger partial charge in [-0.15, -0.1) is 0 Å². The molecule has 2 rings (SSSR count). The summed E-state index contributed by atoms with van der Waals surface area (Å²) in [6.45, 7) is 3.26. The van der Waals surface area contributed by atoms with Crippen molar-refractivity contribution in [3.05, 3.63) is 42.1 Å². The van der Waals surface area contributed by atoms with E-state index in [1.54, 1.807) is 12.3 Å². The SMILES string of the molecule is Cc1ccoc1C(=O)NCCCn1cccn1. The van der Waals surface area contributed by atoms with E-state index >= 15 is 0 Å². The third-order valence-electron chi connectivity index (χ3n) is 2.48. The number of furan rings is 1. The number of amides is 1. The highest BCUT2D eigenvalue weighted by molar-refractivity contribution is 5.92. The predicted molar refractivity (Wildman–Crippen MR) is 62.6 cm³/mol. The Balaban J connectivity index is 1.72. The van der Waals surface area contributed by atoms with Gasteiger partial charge in [-0.1, -0.05) is 0 Å². The maximum atomic E-state index is 11.7. The molecule has 0 aromatic carbocycles. The van der Waals surface area contributed by atoms with Gasteiger partial charge in [-0.25, -0.2) is 0 Å². The van der Waals surface area contributed by atoms with Crippen molar-refractivity contribution in [2.24, 2.45) is 0 Å². The maximum absolute atomic E-state index is 11.7. The predicted octanol–water partition coefficient (Wildman–Crippen LogP) is 1.60. The molecule has 2 heterocycles. The second-order valence-electron chi connectivity index (χ2n) is 3.81. The van der Waals surface area contributed by atoms with Gasteiger partial charge >= 0.3 is 0 Å². The van der Waals surface area contributed by atoms with E-state index in [9.17, 15) is 4.79 Å². The van der Waals surface area contributed by atoms with Crippen LogP contribution in [-0.2, 0) is 6.54 Å². The lowest BCUT2D eigenvalue weighted by Gasteiger charge is -2.04. The Labute approximate surface area is 99.4 Å². The topological polar surface area (TPSA) is 60.1 Å². The molecule has 0 aliphatic carbocycles. The first-order chi connectivity index (χ1) is 8.27. The number of aryl methyl sites for hydroxylation is 2. The Morgan fingerprint density at radius 1 is 1.59 bits per heavy atom. The van der Waals surface area contributed by atoms with Crippen LogP contribution in [0, 0.1) is 6.92 Å². The van der Waals surface area contributed by atoms with Crippen LogP contribution in [0.3, 0.4) is 0 Å². The molecule has 0 bridgehead atoms. The first-order valence-electron chi connectivity index (χ1n) is 5.57. The van der Waals surface area contributed by atoms with E-state index in [-0.39, 0.29) is 5.91 Å². The third kappa shape index (κ3) is 2.96. The maximum Gasteiger partial charge on any atom is 0.287 e. The largest absolute Gasteiger partial charge is 0.459 e. The molecule has 0 aliphatic heterocycles. The highest BCUT2D eigenvalue weighted by Gasteiger charge is 2.11. The first-order valence-corrected chi connectivity index (χ1v) is 5.57. The standard InChI is InChI=1S/C12H15N3O2/c1-10-4-9-17-11(10)12(16)13-5-2-7-15-8-3-6-14-15/h3-4,6,8-9H,2,5,7H2,1H3,(H,13,16). The van der Waals surface area contributed by atoms with Crippen LogP contribution in [-0.4, -0.2) is 22.2 Å². The lowest BCUT2D eigenvalue weighted by Crippen LogP contribution is -2.25. The number of carbonyl (C=O) groups is 1. The van der Waals surface area contributed by atoms with Crippen molar-refractivity contribution in [2.75, 3.05) is 6.54 Å². The minimum Gasteiger partial charge on any atom is -0.459 e. The second kappa shape index (κ2) is 5.34. The van der Waals surface area contributed by atoms with Crippen LogP contribution < -0.4 is 5.32 Å². The monoisotopic (exact) mass is 233 g/mol. The molecule has 5 heteroatoms. The smallest absolute Gasteiger partial charge is 0.287 e. The summed E-state index contributed by atoms with van der Waals surface area (Å²) in [6.07, 6.45) is 6.00. The summed E-state index contributed by atoms with van der Waals surface area (Å²) in [7, 11) is 0. The van der Waals surface area contributed by atoms with Gasteiger partial charge in [0.2, 0.25) is 0 Å². The van der Waals surface area contributed by atoms with Gasteiger partial charge in [0.05, 0.1) is 6.26 Å². The van der Waals surface area contributed by atoms with E-state index in [0.717, 1.165) is 18.5 Å². The number of nitrogens with one attached hydrogen (secondary N) is 1. The lowest BCUT2D eigenvalue weighted by molar-refractivity contribution is 0.0924. The summed E-state index contributed by atoms with van der Waals surface area (Å²) in [5, 5.41) is 6.90. The van der Waals surface area contributed by atoms with Gasteiger partial charge in [-0.05, 0) is 25.5 Å². The minimum atomic E-state index is -0.159. The normalized spacial score (nSPS) is 10.4. The number of hydrogen-bond acceptors (Lipinski definition) is 3. The van der Waals surface area contributed by atoms with Gasteiger partial charge in [0.1, 0.15) is 0 Å². The molecule has 0 unspecified atom stereocenters. The Hall–Kier alpha value is -2.04. The molecular formula is C12H15N3O2. The molecule has 1 N–H and O–H groups in total. The van der Waals surface area contributed by atoms with Crippen LogP contribution in [0.1, 0.15) is 22.5 Å². The average molecular weight is 233 g/mol. The Morgan fingerprint density at radius 3 is 3.12 bits per heavy atom. The second-order valence-corrected chi connectivity index (χ2v) is 3.81. The summed E-state index contributed by atoms with van der Waals surface area (Å²) in [4.78, 5) is 11.7. The number of aromatic nitrogens is 2. The first kappa shape index (κ1) is 11.4. The molecule has 2 aromatic heterocycles. The van der Waals surface area contributed by atoms with Crippen LogP contribution in [0.4, 0.5) is 0 Å². The Bertz CT molecular complexity index is 474. The van der Waals surface area contributed by atoms with Gasteiger partial charge in [-0.2, -0.15) is 5.10 Å². The molecule has 5 nitrogen and oxygen atoms in total. The van der Waals surface area contributed by atoms with Crippen molar-refractivity contribution in [3.8, 4) is 0 Å². The highest BCUT2D eigenvalue weighted by atomic mass is 16.3. The van der Waals surface area contributed by atoms with E-state index in [1.807, 2.05) is 23.9 Å². The van der Waals surface area contributed by atoms with Gasteiger partial charge in [-0.3, -0.25) is 9.48 Å². The molecule has 1 amide bonds. The van der Waals surface area contributed by atoms with E-state index < -0.39 is 0 Å². The zero-order valence-electron chi connectivity index (χ0n) is 9.72. The van der Waals surface area contributed by atoms with Crippen LogP contribution in [0.25, 0.3) is 0 Å². The lowest BCUT2D eigenvalue weighted by atomic mass is 10.2. The number of hydrogen-bond donors (Lipinski definition) is 1. The van der Waals surface area contributed by atoms with Gasteiger partial charge in [0.25, 0.3) is 5.91 Å². The van der Waals surface area contributed by atoms with Crippen molar-refractivity contribution in [2.45, 2.75) is 19.9 Å². The third-order valence-corrected chi connectivity index (χ3v) is 2.48. The minimum absolute atomic E-state index is 0.159. The molecule has 90 valence electrons. The Morgan fingerprint density at radius 2 is 2.47 bits per heavy atom. The zero-order chi connectivity index (χ0) is 12.1. The fraction of sp³-hybridized carbons (Fsp3) is 0.333. The molecule has 0 atom stereocenters. The van der Waals surface area contributed by atoms with Crippen LogP contribution in [0.5, 0.6) is 0 Å². The van der Waals surface area contributed by atoms with Crippen molar-refractivity contribution >= 4 is 5.91 Å². The van der Waals surface area contributed by atoms with E-state index in [0.29, 0.717) is 12.3 Å². The van der Waals surface area contributed by atoms with Crippen LogP contribution in [0.15, 0.2) is 35.2 Å². The van der Waals surface area contributed by atoms with Crippen molar-refractivity contribution in [3.63, 3.8) is 0 Å². The summed E-state index contributed by atoms with van der Waals surface area (Å²) >= 11 is 0. The molecule has 0 saturated heterocycles. The molecule has 17 heavy (non-hydrogen) atoms. The summed E-state index contributed by atoms with van der Waals surface area (Å²) in [5.41, 5.74) is 0.856. The highest BCUT2D eigenvalue weighted by Crippen LogP contribution is 2.07. The van der Waals surface area contributed by atoms with Gasteiger partial charge in [0, 0.05) is 31.0 Å². The number of carbonyl (C=O) groups excluding carboxylic acids is 1.